The fourth-order valence-corrected chi connectivity index (χ4v) is 3.66. The van der Waals surface area contributed by atoms with Crippen LogP contribution >= 0.6 is 15.9 Å². The number of sulfone groups is 1. The summed E-state index contributed by atoms with van der Waals surface area (Å²) >= 11 is 3.47. The summed E-state index contributed by atoms with van der Waals surface area (Å²) in [7, 11) is -3.22. The second kappa shape index (κ2) is 4.94. The number of anilines is 1. The Hall–Kier alpha value is -0.620. The minimum absolute atomic E-state index is 0.327. The van der Waals surface area contributed by atoms with Gasteiger partial charge in [-0.2, -0.15) is 0 Å². The first-order chi connectivity index (χ1) is 8.04. The molecule has 1 aliphatic rings. The van der Waals surface area contributed by atoms with Gasteiger partial charge in [0.15, 0.2) is 9.84 Å². The van der Waals surface area contributed by atoms with Crippen LogP contribution in [-0.4, -0.2) is 37.6 Å². The van der Waals surface area contributed by atoms with E-state index in [4.69, 9.17) is 0 Å². The Morgan fingerprint density at radius 3 is 3.00 bits per heavy atom. The van der Waals surface area contributed by atoms with E-state index in [0.29, 0.717) is 16.8 Å². The molecule has 0 bridgehead atoms. The summed E-state index contributed by atoms with van der Waals surface area (Å²) in [6, 6.07) is 3.63. The summed E-state index contributed by atoms with van der Waals surface area (Å²) < 4.78 is 23.5. The fraction of sp³-hybridized carbons (Fsp3) is 0.545. The van der Waals surface area contributed by atoms with Crippen molar-refractivity contribution in [1.29, 1.82) is 0 Å². The minimum atomic E-state index is -3.22. The second-order valence-corrected chi connectivity index (χ2v) is 6.87. The lowest BCUT2D eigenvalue weighted by atomic mass is 10.2. The molecule has 1 unspecified atom stereocenters. The highest BCUT2D eigenvalue weighted by Crippen LogP contribution is 2.29. The van der Waals surface area contributed by atoms with Crippen molar-refractivity contribution in [2.75, 3.05) is 23.0 Å². The molecule has 2 heterocycles. The van der Waals surface area contributed by atoms with Crippen LogP contribution in [0.15, 0.2) is 23.2 Å². The first-order valence-corrected chi connectivity index (χ1v) is 8.53. The molecule has 1 fully saturated rings. The van der Waals surface area contributed by atoms with Crippen molar-refractivity contribution in [3.05, 3.63) is 18.3 Å². The van der Waals surface area contributed by atoms with Gasteiger partial charge in [0.25, 0.3) is 0 Å². The smallest absolute Gasteiger partial charge is 0.179 e. The van der Waals surface area contributed by atoms with Crippen molar-refractivity contribution in [1.82, 2.24) is 4.98 Å². The van der Waals surface area contributed by atoms with Crippen molar-refractivity contribution in [3.8, 4) is 0 Å². The van der Waals surface area contributed by atoms with Crippen LogP contribution in [0, 0.1) is 0 Å². The highest BCUT2D eigenvalue weighted by molar-refractivity contribution is 9.09. The molecule has 2 rings (SSSR count). The van der Waals surface area contributed by atoms with Crippen molar-refractivity contribution in [2.45, 2.75) is 23.8 Å². The van der Waals surface area contributed by atoms with Crippen LogP contribution < -0.4 is 4.90 Å². The van der Waals surface area contributed by atoms with Crippen LogP contribution in [0.4, 0.5) is 5.82 Å². The number of nitrogens with zero attached hydrogens (tertiary/aromatic N) is 2. The third-order valence-corrected chi connectivity index (χ3v) is 4.84. The van der Waals surface area contributed by atoms with Crippen LogP contribution in [-0.2, 0) is 9.84 Å². The quantitative estimate of drug-likeness (QED) is 0.798. The van der Waals surface area contributed by atoms with Crippen molar-refractivity contribution < 1.29 is 8.42 Å². The lowest BCUT2D eigenvalue weighted by Gasteiger charge is -2.25. The zero-order chi connectivity index (χ0) is 12.5. The Balaban J connectivity index is 2.45. The summed E-state index contributed by atoms with van der Waals surface area (Å²) in [6.45, 7) is 0.871. The van der Waals surface area contributed by atoms with E-state index in [1.807, 2.05) is 0 Å². The standard InChI is InChI=1S/C11H15BrN2O2S/c1-17(15,16)10-5-2-6-13-11(10)14-7-3-4-9(14)8-12/h2,5-6,9H,3-4,7-8H2,1H3. The molecule has 1 aromatic heterocycles. The molecule has 0 radical (unpaired) electrons. The van der Waals surface area contributed by atoms with Crippen LogP contribution in [0.2, 0.25) is 0 Å². The minimum Gasteiger partial charge on any atom is -0.352 e. The molecule has 0 N–H and O–H groups in total. The Morgan fingerprint density at radius 1 is 1.59 bits per heavy atom. The van der Waals surface area contributed by atoms with E-state index in [9.17, 15) is 8.42 Å². The Kier molecular flexibility index (Phi) is 3.73. The normalized spacial score (nSPS) is 20.8. The van der Waals surface area contributed by atoms with Crippen molar-refractivity contribution in [3.63, 3.8) is 0 Å². The number of halogens is 1. The molecule has 1 saturated heterocycles. The topological polar surface area (TPSA) is 50.3 Å². The Morgan fingerprint density at radius 2 is 2.35 bits per heavy atom. The van der Waals surface area contributed by atoms with Gasteiger partial charge in [-0.15, -0.1) is 0 Å². The van der Waals surface area contributed by atoms with Gasteiger partial charge in [0.2, 0.25) is 0 Å². The number of aromatic nitrogens is 1. The molecular formula is C11H15BrN2O2S. The summed E-state index contributed by atoms with van der Waals surface area (Å²) in [5.41, 5.74) is 0. The van der Waals surface area contributed by atoms with Gasteiger partial charge in [0, 0.05) is 30.4 Å². The first-order valence-electron chi connectivity index (χ1n) is 5.51. The zero-order valence-corrected chi connectivity index (χ0v) is 12.0. The average Bonchev–Trinajstić information content (AvgIpc) is 2.75. The van der Waals surface area contributed by atoms with Crippen LogP contribution in [0.5, 0.6) is 0 Å². The van der Waals surface area contributed by atoms with E-state index in [1.54, 1.807) is 18.3 Å². The molecule has 0 saturated carbocycles. The molecular weight excluding hydrogens is 304 g/mol. The summed E-state index contributed by atoms with van der Waals surface area (Å²) in [5, 5.41) is 0.840. The Labute approximate surface area is 110 Å². The van der Waals surface area contributed by atoms with Gasteiger partial charge in [0.05, 0.1) is 0 Å². The van der Waals surface area contributed by atoms with Crippen molar-refractivity contribution in [2.24, 2.45) is 0 Å². The highest BCUT2D eigenvalue weighted by atomic mass is 79.9. The van der Waals surface area contributed by atoms with Gasteiger partial charge in [-0.3, -0.25) is 0 Å². The number of pyridine rings is 1. The van der Waals surface area contributed by atoms with E-state index in [-0.39, 0.29) is 0 Å². The van der Waals surface area contributed by atoms with Gasteiger partial charge in [0.1, 0.15) is 10.7 Å². The lowest BCUT2D eigenvalue weighted by Crippen LogP contribution is -2.32. The highest BCUT2D eigenvalue weighted by Gasteiger charge is 2.28. The predicted octanol–water partition coefficient (Wildman–Crippen LogP) is 1.85. The van der Waals surface area contributed by atoms with E-state index in [2.05, 4.69) is 25.8 Å². The third kappa shape index (κ3) is 2.63. The molecule has 1 aromatic rings. The maximum absolute atomic E-state index is 11.7. The van der Waals surface area contributed by atoms with Gasteiger partial charge < -0.3 is 4.90 Å². The van der Waals surface area contributed by atoms with E-state index in [1.165, 1.54) is 6.26 Å². The predicted molar refractivity (Wildman–Crippen MR) is 71.5 cm³/mol. The molecule has 17 heavy (non-hydrogen) atoms. The zero-order valence-electron chi connectivity index (χ0n) is 9.63. The van der Waals surface area contributed by atoms with Gasteiger partial charge in [-0.05, 0) is 25.0 Å². The number of hydrogen-bond donors (Lipinski definition) is 0. The molecule has 4 nitrogen and oxygen atoms in total. The maximum atomic E-state index is 11.7. The second-order valence-electron chi connectivity index (χ2n) is 4.24. The monoisotopic (exact) mass is 318 g/mol. The lowest BCUT2D eigenvalue weighted by molar-refractivity contribution is 0.600. The summed E-state index contributed by atoms with van der Waals surface area (Å²) in [6.07, 6.45) is 5.03. The van der Waals surface area contributed by atoms with Crippen LogP contribution in [0.1, 0.15) is 12.8 Å². The molecule has 1 atom stereocenters. The summed E-state index contributed by atoms with van der Waals surface area (Å²) in [5.74, 6) is 0.594. The summed E-state index contributed by atoms with van der Waals surface area (Å²) in [4.78, 5) is 6.67. The van der Waals surface area contributed by atoms with E-state index < -0.39 is 9.84 Å². The van der Waals surface area contributed by atoms with Crippen LogP contribution in [0.3, 0.4) is 0 Å². The first kappa shape index (κ1) is 12.8. The molecule has 1 aliphatic heterocycles. The molecule has 94 valence electrons. The van der Waals surface area contributed by atoms with Gasteiger partial charge >= 0.3 is 0 Å². The maximum Gasteiger partial charge on any atom is 0.179 e. The number of hydrogen-bond acceptors (Lipinski definition) is 4. The molecule has 0 aromatic carbocycles. The van der Waals surface area contributed by atoms with Gasteiger partial charge in [-0.1, -0.05) is 15.9 Å². The molecule has 0 spiro atoms. The third-order valence-electron chi connectivity index (χ3n) is 2.98. The fourth-order valence-electron chi connectivity index (χ4n) is 2.16. The average molecular weight is 319 g/mol. The molecule has 0 amide bonds. The van der Waals surface area contributed by atoms with Gasteiger partial charge in [-0.25, -0.2) is 13.4 Å². The van der Waals surface area contributed by atoms with E-state index in [0.717, 1.165) is 24.7 Å². The molecule has 6 heteroatoms. The van der Waals surface area contributed by atoms with Crippen molar-refractivity contribution >= 4 is 31.6 Å². The molecule has 0 aliphatic carbocycles. The number of alkyl halides is 1. The van der Waals surface area contributed by atoms with Crippen LogP contribution in [0.25, 0.3) is 0 Å². The number of rotatable bonds is 3. The largest absolute Gasteiger partial charge is 0.352 e. The Bertz CT molecular complexity index is 504. The van der Waals surface area contributed by atoms with E-state index >= 15 is 0 Å². The SMILES string of the molecule is CS(=O)(=O)c1cccnc1N1CCCC1CBr.